The van der Waals surface area contributed by atoms with E-state index >= 15 is 0 Å². The minimum Gasteiger partial charge on any atom is -0.262 e. The number of halogens is 1. The minimum absolute atomic E-state index is 0.664. The van der Waals surface area contributed by atoms with E-state index in [4.69, 9.17) is 11.6 Å². The summed E-state index contributed by atoms with van der Waals surface area (Å²) in [6.07, 6.45) is 5.17. The molecule has 2 aromatic rings. The quantitative estimate of drug-likeness (QED) is 0.620. The zero-order valence-electron chi connectivity index (χ0n) is 6.58. The summed E-state index contributed by atoms with van der Waals surface area (Å²) >= 11 is 5.81. The molecule has 3 heteroatoms. The second-order valence-electron chi connectivity index (χ2n) is 2.68. The summed E-state index contributed by atoms with van der Waals surface area (Å²) in [5, 5.41) is 1.73. The zero-order chi connectivity index (χ0) is 8.55. The average Bonchev–Trinajstić information content (AvgIpc) is 2.07. The first-order valence-electron chi connectivity index (χ1n) is 3.63. The first kappa shape index (κ1) is 7.50. The van der Waals surface area contributed by atoms with Crippen molar-refractivity contribution in [2.24, 2.45) is 0 Å². The van der Waals surface area contributed by atoms with Crippen LogP contribution in [0.1, 0.15) is 5.56 Å². The van der Waals surface area contributed by atoms with Crippen LogP contribution in [0, 0.1) is 6.92 Å². The fourth-order valence-electron chi connectivity index (χ4n) is 1.16. The van der Waals surface area contributed by atoms with Gasteiger partial charge < -0.3 is 0 Å². The van der Waals surface area contributed by atoms with E-state index < -0.39 is 0 Å². The van der Waals surface area contributed by atoms with Crippen LogP contribution in [0.15, 0.2) is 24.7 Å². The minimum atomic E-state index is 0.664. The Morgan fingerprint density at radius 3 is 2.92 bits per heavy atom. The number of fused-ring (bicyclic) bond motifs is 1. The molecule has 0 aliphatic heterocycles. The third-order valence-corrected chi connectivity index (χ3v) is 1.98. The maximum atomic E-state index is 5.81. The Bertz CT molecular complexity index is 426. The molecule has 2 aromatic heterocycles. The molecule has 0 unspecified atom stereocenters. The Labute approximate surface area is 75.2 Å². The van der Waals surface area contributed by atoms with Crippen molar-refractivity contribution in [2.75, 3.05) is 0 Å². The van der Waals surface area contributed by atoms with Crippen LogP contribution in [0.4, 0.5) is 0 Å². The third-order valence-electron chi connectivity index (χ3n) is 1.77. The molecule has 0 atom stereocenters. The highest BCUT2D eigenvalue weighted by Crippen LogP contribution is 2.18. The highest BCUT2D eigenvalue weighted by Gasteiger charge is 1.98. The molecule has 0 bridgehead atoms. The summed E-state index contributed by atoms with van der Waals surface area (Å²) < 4.78 is 0. The van der Waals surface area contributed by atoms with Crippen molar-refractivity contribution >= 4 is 22.5 Å². The van der Waals surface area contributed by atoms with Crippen LogP contribution in [0.2, 0.25) is 5.02 Å². The molecule has 0 aromatic carbocycles. The van der Waals surface area contributed by atoms with Gasteiger partial charge in [-0.1, -0.05) is 11.6 Å². The molecule has 12 heavy (non-hydrogen) atoms. The molecule has 2 rings (SSSR count). The van der Waals surface area contributed by atoms with E-state index in [9.17, 15) is 0 Å². The molecule has 2 heterocycles. The van der Waals surface area contributed by atoms with Crippen LogP contribution >= 0.6 is 11.6 Å². The Hall–Kier alpha value is -1.15. The van der Waals surface area contributed by atoms with Crippen molar-refractivity contribution < 1.29 is 0 Å². The first-order valence-corrected chi connectivity index (χ1v) is 4.01. The van der Waals surface area contributed by atoms with Gasteiger partial charge in [0.2, 0.25) is 0 Å². The van der Waals surface area contributed by atoms with E-state index in [2.05, 4.69) is 9.97 Å². The lowest BCUT2D eigenvalue weighted by molar-refractivity contribution is 1.27. The van der Waals surface area contributed by atoms with Crippen molar-refractivity contribution in [3.63, 3.8) is 0 Å². The van der Waals surface area contributed by atoms with Crippen molar-refractivity contribution in [3.8, 4) is 0 Å². The molecular formula is C9H7ClN2. The van der Waals surface area contributed by atoms with Gasteiger partial charge in [0.05, 0.1) is 16.7 Å². The van der Waals surface area contributed by atoms with Crippen LogP contribution in [0.5, 0.6) is 0 Å². The maximum absolute atomic E-state index is 5.81. The van der Waals surface area contributed by atoms with E-state index in [0.29, 0.717) is 5.02 Å². The van der Waals surface area contributed by atoms with Crippen LogP contribution < -0.4 is 0 Å². The third kappa shape index (κ3) is 1.14. The Balaban J connectivity index is 2.88. The van der Waals surface area contributed by atoms with E-state index in [1.54, 1.807) is 18.6 Å². The molecule has 0 saturated heterocycles. The number of hydrogen-bond donors (Lipinski definition) is 0. The normalized spacial score (nSPS) is 10.5. The van der Waals surface area contributed by atoms with Gasteiger partial charge in [0.1, 0.15) is 0 Å². The smallest absolute Gasteiger partial charge is 0.0888 e. The van der Waals surface area contributed by atoms with Crippen molar-refractivity contribution in [2.45, 2.75) is 6.92 Å². The molecule has 2 nitrogen and oxygen atoms in total. The maximum Gasteiger partial charge on any atom is 0.0888 e. The van der Waals surface area contributed by atoms with Gasteiger partial charge in [-0.2, -0.15) is 0 Å². The highest BCUT2D eigenvalue weighted by atomic mass is 35.5. The van der Waals surface area contributed by atoms with Gasteiger partial charge in [0, 0.05) is 17.8 Å². The molecule has 0 radical (unpaired) electrons. The largest absolute Gasteiger partial charge is 0.262 e. The highest BCUT2D eigenvalue weighted by molar-refractivity contribution is 6.31. The topological polar surface area (TPSA) is 25.8 Å². The number of pyridine rings is 2. The van der Waals surface area contributed by atoms with Crippen LogP contribution in [-0.2, 0) is 0 Å². The Morgan fingerprint density at radius 2 is 2.08 bits per heavy atom. The summed E-state index contributed by atoms with van der Waals surface area (Å²) in [6.45, 7) is 1.99. The van der Waals surface area contributed by atoms with Crippen molar-refractivity contribution in [1.29, 1.82) is 0 Å². The number of rotatable bonds is 0. The summed E-state index contributed by atoms with van der Waals surface area (Å²) in [5.41, 5.74) is 1.99. The average molecular weight is 179 g/mol. The van der Waals surface area contributed by atoms with Gasteiger partial charge in [0.25, 0.3) is 0 Å². The zero-order valence-corrected chi connectivity index (χ0v) is 7.34. The molecule has 60 valence electrons. The second-order valence-corrected chi connectivity index (χ2v) is 3.11. The number of nitrogens with zero attached hydrogens (tertiary/aromatic N) is 2. The Morgan fingerprint density at radius 1 is 1.25 bits per heavy atom. The molecule has 0 amide bonds. The number of aromatic nitrogens is 2. The SMILES string of the molecule is Cc1cncc2ncc(Cl)cc12. The fraction of sp³-hybridized carbons (Fsp3) is 0.111. The fourth-order valence-corrected chi connectivity index (χ4v) is 1.32. The summed E-state index contributed by atoms with van der Waals surface area (Å²) in [5.74, 6) is 0. The van der Waals surface area contributed by atoms with Gasteiger partial charge in [0.15, 0.2) is 0 Å². The predicted molar refractivity (Wildman–Crippen MR) is 49.3 cm³/mol. The molecule has 0 aliphatic rings. The van der Waals surface area contributed by atoms with Crippen molar-refractivity contribution in [3.05, 3.63) is 35.2 Å². The van der Waals surface area contributed by atoms with Gasteiger partial charge in [-0.05, 0) is 18.6 Å². The number of hydrogen-bond acceptors (Lipinski definition) is 2. The van der Waals surface area contributed by atoms with Crippen molar-refractivity contribution in [1.82, 2.24) is 9.97 Å². The lowest BCUT2D eigenvalue weighted by Crippen LogP contribution is -1.83. The molecule has 0 fully saturated rings. The molecule has 0 aliphatic carbocycles. The summed E-state index contributed by atoms with van der Waals surface area (Å²) in [4.78, 5) is 8.18. The lowest BCUT2D eigenvalue weighted by Gasteiger charge is -1.99. The van der Waals surface area contributed by atoms with Crippen LogP contribution in [-0.4, -0.2) is 9.97 Å². The van der Waals surface area contributed by atoms with E-state index in [1.807, 2.05) is 13.0 Å². The lowest BCUT2D eigenvalue weighted by atomic mass is 10.2. The monoisotopic (exact) mass is 178 g/mol. The van der Waals surface area contributed by atoms with E-state index in [0.717, 1.165) is 16.5 Å². The first-order chi connectivity index (χ1) is 5.77. The number of aryl methyl sites for hydroxylation is 1. The molecular weight excluding hydrogens is 172 g/mol. The summed E-state index contributed by atoms with van der Waals surface area (Å²) in [6, 6.07) is 1.90. The van der Waals surface area contributed by atoms with Gasteiger partial charge in [-0.3, -0.25) is 9.97 Å². The van der Waals surface area contributed by atoms with E-state index in [-0.39, 0.29) is 0 Å². The Kier molecular flexibility index (Phi) is 1.70. The molecule has 0 spiro atoms. The van der Waals surface area contributed by atoms with Gasteiger partial charge >= 0.3 is 0 Å². The van der Waals surface area contributed by atoms with Gasteiger partial charge in [-0.25, -0.2) is 0 Å². The van der Waals surface area contributed by atoms with Gasteiger partial charge in [-0.15, -0.1) is 0 Å². The predicted octanol–water partition coefficient (Wildman–Crippen LogP) is 2.59. The van der Waals surface area contributed by atoms with Crippen LogP contribution in [0.3, 0.4) is 0 Å². The standard InChI is InChI=1S/C9H7ClN2/c1-6-3-11-5-9-8(6)2-7(10)4-12-9/h2-5H,1H3. The molecule has 0 saturated carbocycles. The van der Waals surface area contributed by atoms with E-state index in [1.165, 1.54) is 0 Å². The summed E-state index contributed by atoms with van der Waals surface area (Å²) in [7, 11) is 0. The van der Waals surface area contributed by atoms with Crippen LogP contribution in [0.25, 0.3) is 10.9 Å². The molecule has 0 N–H and O–H groups in total. The second kappa shape index (κ2) is 2.72.